The second-order valence-corrected chi connectivity index (χ2v) is 7.33. The number of benzene rings is 1. The van der Waals surface area contributed by atoms with Crippen LogP contribution in [0.1, 0.15) is 34.5 Å². The fourth-order valence-corrected chi connectivity index (χ4v) is 4.50. The lowest BCUT2D eigenvalue weighted by Crippen LogP contribution is -2.30. The number of amides is 1. The molecule has 2 aromatic rings. The molecule has 3 atom stereocenters. The van der Waals surface area contributed by atoms with Crippen LogP contribution in [0.15, 0.2) is 47.1 Å². The second-order valence-electron chi connectivity index (χ2n) is 6.02. The van der Waals surface area contributed by atoms with Gasteiger partial charge < -0.3 is 9.73 Å². The molecule has 114 valence electrons. The molecule has 22 heavy (non-hydrogen) atoms. The summed E-state index contributed by atoms with van der Waals surface area (Å²) in [5, 5.41) is 3.53. The van der Waals surface area contributed by atoms with Crippen molar-refractivity contribution < 1.29 is 9.21 Å². The third-order valence-corrected chi connectivity index (χ3v) is 5.85. The van der Waals surface area contributed by atoms with E-state index in [2.05, 4.69) is 29.6 Å². The third kappa shape index (κ3) is 2.68. The first-order valence-electron chi connectivity index (χ1n) is 7.83. The van der Waals surface area contributed by atoms with Crippen molar-refractivity contribution in [1.29, 1.82) is 0 Å². The zero-order chi connectivity index (χ0) is 14.9. The summed E-state index contributed by atoms with van der Waals surface area (Å²) >= 11 is 1.95. The maximum absolute atomic E-state index is 12.3. The molecule has 1 N–H and O–H groups in total. The Morgan fingerprint density at radius 1 is 1.27 bits per heavy atom. The fraction of sp³-hybridized carbons (Fsp3) is 0.389. The van der Waals surface area contributed by atoms with Crippen LogP contribution in [-0.4, -0.2) is 18.2 Å². The number of fused-ring (bicyclic) bond motifs is 1. The van der Waals surface area contributed by atoms with Crippen molar-refractivity contribution in [3.05, 3.63) is 59.5 Å². The van der Waals surface area contributed by atoms with Crippen LogP contribution in [0.3, 0.4) is 0 Å². The molecule has 1 aliphatic heterocycles. The van der Waals surface area contributed by atoms with Crippen molar-refractivity contribution in [2.45, 2.75) is 24.0 Å². The lowest BCUT2D eigenvalue weighted by atomic mass is 10.0. The maximum atomic E-state index is 12.3. The number of furan rings is 1. The van der Waals surface area contributed by atoms with Gasteiger partial charge in [-0.05, 0) is 41.9 Å². The molecule has 4 heteroatoms. The Labute approximate surface area is 134 Å². The molecule has 4 rings (SSSR count). The minimum absolute atomic E-state index is 0.0926. The smallest absolute Gasteiger partial charge is 0.223 e. The number of carbonyl (C=O) groups excluding carboxylic acids is 1. The first-order chi connectivity index (χ1) is 10.8. The Morgan fingerprint density at radius 3 is 3.05 bits per heavy atom. The lowest BCUT2D eigenvalue weighted by Gasteiger charge is -2.25. The molecule has 1 amide bonds. The van der Waals surface area contributed by atoms with Crippen molar-refractivity contribution in [3.8, 4) is 0 Å². The van der Waals surface area contributed by atoms with Crippen molar-refractivity contribution in [2.24, 2.45) is 5.92 Å². The fourth-order valence-electron chi connectivity index (χ4n) is 3.27. The average Bonchev–Trinajstić information content (AvgIpc) is 3.18. The van der Waals surface area contributed by atoms with Gasteiger partial charge in [0.2, 0.25) is 5.91 Å². The van der Waals surface area contributed by atoms with Gasteiger partial charge in [0.1, 0.15) is 5.76 Å². The summed E-state index contributed by atoms with van der Waals surface area (Å²) in [6.45, 7) is 0.724. The van der Waals surface area contributed by atoms with Gasteiger partial charge in [0, 0.05) is 23.6 Å². The maximum Gasteiger partial charge on any atom is 0.223 e. The van der Waals surface area contributed by atoms with E-state index in [0.717, 1.165) is 30.9 Å². The van der Waals surface area contributed by atoms with Gasteiger partial charge in [0.25, 0.3) is 0 Å². The zero-order valence-electron chi connectivity index (χ0n) is 12.3. The van der Waals surface area contributed by atoms with E-state index in [1.165, 1.54) is 11.1 Å². The number of nitrogens with one attached hydrogen (secondary N) is 1. The van der Waals surface area contributed by atoms with Crippen LogP contribution in [0.25, 0.3) is 0 Å². The van der Waals surface area contributed by atoms with Crippen LogP contribution >= 0.6 is 11.8 Å². The molecule has 1 aromatic carbocycles. The van der Waals surface area contributed by atoms with Crippen molar-refractivity contribution in [2.75, 3.05) is 12.3 Å². The first-order valence-corrected chi connectivity index (χ1v) is 8.88. The molecule has 1 fully saturated rings. The van der Waals surface area contributed by atoms with E-state index in [1.54, 1.807) is 6.26 Å². The highest BCUT2D eigenvalue weighted by Crippen LogP contribution is 2.47. The van der Waals surface area contributed by atoms with Gasteiger partial charge in [-0.3, -0.25) is 4.79 Å². The van der Waals surface area contributed by atoms with Crippen LogP contribution in [0.4, 0.5) is 0 Å². The molecule has 1 aliphatic carbocycles. The average molecular weight is 313 g/mol. The van der Waals surface area contributed by atoms with Gasteiger partial charge in [-0.1, -0.05) is 24.3 Å². The molecule has 1 saturated carbocycles. The number of thioether (sulfide) groups is 1. The van der Waals surface area contributed by atoms with Crippen LogP contribution in [-0.2, 0) is 11.2 Å². The number of carbonyl (C=O) groups is 1. The standard InChI is InChI=1S/C18H19NO2S/c20-18(15-10-14(15)16-6-3-8-21-16)19-11-17-13-5-2-1-4-12(13)7-9-22-17/h1-6,8,14-15,17H,7,9-11H2,(H,19,20)/t14-,15+,17-/m0/s1. The SMILES string of the molecule is O=C(NC[C@@H]1SCCc2ccccc21)[C@@H]1C[C@@H]1c1ccco1. The van der Waals surface area contributed by atoms with Gasteiger partial charge in [-0.15, -0.1) is 0 Å². The van der Waals surface area contributed by atoms with E-state index in [0.29, 0.717) is 5.25 Å². The molecule has 0 radical (unpaired) electrons. The summed E-state index contributed by atoms with van der Waals surface area (Å²) in [7, 11) is 0. The van der Waals surface area contributed by atoms with Crippen molar-refractivity contribution in [3.63, 3.8) is 0 Å². The molecule has 0 saturated heterocycles. The Hall–Kier alpha value is -1.68. The summed E-state index contributed by atoms with van der Waals surface area (Å²) in [6.07, 6.45) is 3.72. The van der Waals surface area contributed by atoms with Gasteiger partial charge in [0.05, 0.1) is 6.26 Å². The number of hydrogen-bond donors (Lipinski definition) is 1. The Kier molecular flexibility index (Phi) is 3.70. The monoisotopic (exact) mass is 313 g/mol. The highest BCUT2D eigenvalue weighted by molar-refractivity contribution is 7.99. The lowest BCUT2D eigenvalue weighted by molar-refractivity contribution is -0.122. The van der Waals surface area contributed by atoms with E-state index in [9.17, 15) is 4.79 Å². The largest absolute Gasteiger partial charge is 0.469 e. The molecular formula is C18H19NO2S. The van der Waals surface area contributed by atoms with Crippen LogP contribution in [0.2, 0.25) is 0 Å². The number of hydrogen-bond acceptors (Lipinski definition) is 3. The molecule has 1 aromatic heterocycles. The van der Waals surface area contributed by atoms with E-state index >= 15 is 0 Å². The summed E-state index contributed by atoms with van der Waals surface area (Å²) < 4.78 is 5.39. The van der Waals surface area contributed by atoms with Crippen molar-refractivity contribution >= 4 is 17.7 Å². The molecule has 2 heterocycles. The normalized spacial score (nSPS) is 26.3. The van der Waals surface area contributed by atoms with Gasteiger partial charge in [0.15, 0.2) is 0 Å². The third-order valence-electron chi connectivity index (χ3n) is 4.59. The molecular weight excluding hydrogens is 294 g/mol. The topological polar surface area (TPSA) is 42.2 Å². The van der Waals surface area contributed by atoms with Crippen LogP contribution < -0.4 is 5.32 Å². The quantitative estimate of drug-likeness (QED) is 0.939. The summed E-state index contributed by atoms with van der Waals surface area (Å²) in [5.41, 5.74) is 2.82. The Bertz CT molecular complexity index is 667. The minimum atomic E-state index is 0.0926. The molecule has 3 nitrogen and oxygen atoms in total. The minimum Gasteiger partial charge on any atom is -0.469 e. The number of rotatable bonds is 4. The molecule has 0 unspecified atom stereocenters. The highest BCUT2D eigenvalue weighted by Gasteiger charge is 2.45. The van der Waals surface area contributed by atoms with Crippen molar-refractivity contribution in [1.82, 2.24) is 5.32 Å². The predicted octanol–water partition coefficient (Wildman–Crippen LogP) is 3.53. The van der Waals surface area contributed by atoms with Crippen LogP contribution in [0.5, 0.6) is 0 Å². The van der Waals surface area contributed by atoms with E-state index in [1.807, 2.05) is 23.9 Å². The van der Waals surface area contributed by atoms with Gasteiger partial charge in [-0.25, -0.2) is 0 Å². The van der Waals surface area contributed by atoms with Gasteiger partial charge >= 0.3 is 0 Å². The Morgan fingerprint density at radius 2 is 2.18 bits per heavy atom. The zero-order valence-corrected chi connectivity index (χ0v) is 13.1. The van der Waals surface area contributed by atoms with Crippen LogP contribution in [0, 0.1) is 5.92 Å². The molecule has 2 aliphatic rings. The summed E-state index contributed by atoms with van der Waals surface area (Å²) in [5.74, 6) is 2.62. The second kappa shape index (κ2) is 5.84. The first kappa shape index (κ1) is 13.9. The Balaban J connectivity index is 1.35. The van der Waals surface area contributed by atoms with Gasteiger partial charge in [-0.2, -0.15) is 11.8 Å². The van der Waals surface area contributed by atoms with E-state index < -0.39 is 0 Å². The summed E-state index contributed by atoms with van der Waals surface area (Å²) in [4.78, 5) is 12.3. The number of aryl methyl sites for hydroxylation is 1. The molecule has 0 spiro atoms. The molecule has 0 bridgehead atoms. The van der Waals surface area contributed by atoms with E-state index in [4.69, 9.17) is 4.42 Å². The predicted molar refractivity (Wildman–Crippen MR) is 87.9 cm³/mol. The highest BCUT2D eigenvalue weighted by atomic mass is 32.2. The van der Waals surface area contributed by atoms with E-state index in [-0.39, 0.29) is 17.7 Å². The summed E-state index contributed by atoms with van der Waals surface area (Å²) in [6, 6.07) is 12.4.